The topological polar surface area (TPSA) is 29.5 Å². The van der Waals surface area contributed by atoms with Gasteiger partial charge in [0.2, 0.25) is 0 Å². The van der Waals surface area contributed by atoms with Crippen molar-refractivity contribution in [2.24, 2.45) is 0 Å². The van der Waals surface area contributed by atoms with E-state index in [0.717, 1.165) is 18.2 Å². The number of hydrogen-bond donors (Lipinski definition) is 1. The zero-order valence-electron chi connectivity index (χ0n) is 8.88. The molecular formula is C12H14F2O2. The first-order chi connectivity index (χ1) is 7.59. The molecule has 1 N–H and O–H groups in total. The Morgan fingerprint density at radius 1 is 1.25 bits per heavy atom. The molecule has 1 saturated heterocycles. The van der Waals surface area contributed by atoms with Crippen molar-refractivity contribution in [3.8, 4) is 0 Å². The number of hydrogen-bond acceptors (Lipinski definition) is 2. The maximum atomic E-state index is 13.4. The fourth-order valence-corrected chi connectivity index (χ4v) is 1.96. The van der Waals surface area contributed by atoms with Crippen LogP contribution >= 0.6 is 0 Å². The molecule has 0 aromatic heterocycles. The van der Waals surface area contributed by atoms with E-state index in [1.807, 2.05) is 0 Å². The molecule has 1 fully saturated rings. The van der Waals surface area contributed by atoms with E-state index in [0.29, 0.717) is 26.1 Å². The van der Waals surface area contributed by atoms with E-state index in [2.05, 4.69) is 0 Å². The van der Waals surface area contributed by atoms with Crippen molar-refractivity contribution in [3.63, 3.8) is 0 Å². The maximum absolute atomic E-state index is 13.4. The molecule has 0 radical (unpaired) electrons. The highest BCUT2D eigenvalue weighted by atomic mass is 19.1. The highest BCUT2D eigenvalue weighted by Gasteiger charge is 2.30. The minimum Gasteiger partial charge on any atom is -0.389 e. The van der Waals surface area contributed by atoms with Crippen LogP contribution in [0.5, 0.6) is 0 Å². The van der Waals surface area contributed by atoms with E-state index in [9.17, 15) is 13.9 Å². The van der Waals surface area contributed by atoms with Gasteiger partial charge in [0.15, 0.2) is 0 Å². The Labute approximate surface area is 92.9 Å². The van der Waals surface area contributed by atoms with Crippen LogP contribution in [0.1, 0.15) is 18.4 Å². The van der Waals surface area contributed by atoms with Gasteiger partial charge < -0.3 is 9.84 Å². The molecule has 0 spiro atoms. The van der Waals surface area contributed by atoms with Crippen LogP contribution < -0.4 is 0 Å². The van der Waals surface area contributed by atoms with Crippen molar-refractivity contribution < 1.29 is 18.6 Å². The van der Waals surface area contributed by atoms with Crippen molar-refractivity contribution in [2.45, 2.75) is 24.9 Å². The minimum atomic E-state index is -0.965. The first-order valence-corrected chi connectivity index (χ1v) is 5.33. The molecule has 16 heavy (non-hydrogen) atoms. The molecule has 4 heteroatoms. The summed E-state index contributed by atoms with van der Waals surface area (Å²) in [5, 5.41) is 10.2. The Morgan fingerprint density at radius 2 is 1.94 bits per heavy atom. The highest BCUT2D eigenvalue weighted by Crippen LogP contribution is 2.26. The predicted molar refractivity (Wildman–Crippen MR) is 55.1 cm³/mol. The van der Waals surface area contributed by atoms with Crippen LogP contribution in [-0.2, 0) is 11.2 Å². The third-order valence-electron chi connectivity index (χ3n) is 2.95. The summed E-state index contributed by atoms with van der Waals surface area (Å²) in [6.45, 7) is 0.931. The molecule has 0 bridgehead atoms. The fraction of sp³-hybridized carbons (Fsp3) is 0.500. The molecule has 88 valence electrons. The number of benzene rings is 1. The van der Waals surface area contributed by atoms with Crippen LogP contribution in [0.15, 0.2) is 18.2 Å². The smallest absolute Gasteiger partial charge is 0.126 e. The lowest BCUT2D eigenvalue weighted by molar-refractivity contribution is -0.0630. The second kappa shape index (κ2) is 4.47. The summed E-state index contributed by atoms with van der Waals surface area (Å²) in [4.78, 5) is 0. The molecule has 1 aliphatic rings. The van der Waals surface area contributed by atoms with Crippen LogP contribution in [0, 0.1) is 11.6 Å². The molecule has 1 aromatic rings. The zero-order chi connectivity index (χ0) is 11.6. The van der Waals surface area contributed by atoms with E-state index in [1.165, 1.54) is 0 Å². The summed E-state index contributed by atoms with van der Waals surface area (Å²) in [7, 11) is 0. The van der Waals surface area contributed by atoms with Crippen LogP contribution in [-0.4, -0.2) is 23.9 Å². The van der Waals surface area contributed by atoms with Gasteiger partial charge in [-0.1, -0.05) is 0 Å². The third-order valence-corrected chi connectivity index (χ3v) is 2.95. The summed E-state index contributed by atoms with van der Waals surface area (Å²) in [5.74, 6) is -0.951. The van der Waals surface area contributed by atoms with E-state index in [4.69, 9.17) is 4.74 Å². The molecule has 1 heterocycles. The average molecular weight is 228 g/mol. The lowest BCUT2D eigenvalue weighted by Gasteiger charge is -2.32. The van der Waals surface area contributed by atoms with Gasteiger partial charge in [-0.25, -0.2) is 8.78 Å². The second-order valence-electron chi connectivity index (χ2n) is 4.25. The number of rotatable bonds is 2. The molecule has 1 aromatic carbocycles. The average Bonchev–Trinajstić information content (AvgIpc) is 2.24. The molecule has 1 aliphatic heterocycles. The van der Waals surface area contributed by atoms with Crippen molar-refractivity contribution in [1.29, 1.82) is 0 Å². The van der Waals surface area contributed by atoms with Crippen molar-refractivity contribution in [1.82, 2.24) is 0 Å². The van der Waals surface area contributed by atoms with Crippen LogP contribution in [0.4, 0.5) is 8.78 Å². The number of ether oxygens (including phenoxy) is 1. The summed E-state index contributed by atoms with van der Waals surface area (Å²) in [6, 6.07) is 3.31. The number of halogens is 2. The largest absolute Gasteiger partial charge is 0.389 e. The van der Waals surface area contributed by atoms with Gasteiger partial charge >= 0.3 is 0 Å². The van der Waals surface area contributed by atoms with Crippen molar-refractivity contribution in [3.05, 3.63) is 35.4 Å². The third kappa shape index (κ3) is 2.57. The Morgan fingerprint density at radius 3 is 2.62 bits per heavy atom. The SMILES string of the molecule is OC1(Cc2cc(F)ccc2F)CCOCC1. The first kappa shape index (κ1) is 11.5. The fourth-order valence-electron chi connectivity index (χ4n) is 1.96. The normalized spacial score (nSPS) is 19.7. The summed E-state index contributed by atoms with van der Waals surface area (Å²) >= 11 is 0. The molecule has 2 nitrogen and oxygen atoms in total. The van der Waals surface area contributed by atoms with Crippen LogP contribution in [0.3, 0.4) is 0 Å². The van der Waals surface area contributed by atoms with Gasteiger partial charge in [-0.3, -0.25) is 0 Å². The lowest BCUT2D eigenvalue weighted by atomic mass is 9.87. The Balaban J connectivity index is 2.15. The molecule has 0 unspecified atom stereocenters. The standard InChI is InChI=1S/C12H14F2O2/c13-10-1-2-11(14)9(7-10)8-12(15)3-5-16-6-4-12/h1-2,7,15H,3-6,8H2. The monoisotopic (exact) mass is 228 g/mol. The summed E-state index contributed by atoms with van der Waals surface area (Å²) < 4.78 is 31.5. The quantitative estimate of drug-likeness (QED) is 0.839. The van der Waals surface area contributed by atoms with Gasteiger partial charge in [0.1, 0.15) is 11.6 Å². The molecule has 0 aliphatic carbocycles. The summed E-state index contributed by atoms with van der Waals surface area (Å²) in [6.07, 6.45) is 1.06. The molecule has 2 rings (SSSR count). The Kier molecular flexibility index (Phi) is 3.21. The molecule has 0 amide bonds. The van der Waals surface area contributed by atoms with Gasteiger partial charge in [0.05, 0.1) is 5.60 Å². The molecular weight excluding hydrogens is 214 g/mol. The van der Waals surface area contributed by atoms with E-state index < -0.39 is 17.2 Å². The Bertz CT molecular complexity index is 373. The van der Waals surface area contributed by atoms with E-state index >= 15 is 0 Å². The van der Waals surface area contributed by atoms with Crippen molar-refractivity contribution >= 4 is 0 Å². The van der Waals surface area contributed by atoms with Gasteiger partial charge in [0.25, 0.3) is 0 Å². The van der Waals surface area contributed by atoms with E-state index in [1.54, 1.807) is 0 Å². The van der Waals surface area contributed by atoms with Crippen LogP contribution in [0.25, 0.3) is 0 Å². The van der Waals surface area contributed by atoms with Gasteiger partial charge in [-0.05, 0) is 36.6 Å². The van der Waals surface area contributed by atoms with E-state index in [-0.39, 0.29) is 12.0 Å². The summed E-state index contributed by atoms with van der Waals surface area (Å²) in [5.41, 5.74) is -0.739. The zero-order valence-corrected chi connectivity index (χ0v) is 8.88. The van der Waals surface area contributed by atoms with Crippen molar-refractivity contribution in [2.75, 3.05) is 13.2 Å². The molecule has 0 saturated carbocycles. The van der Waals surface area contributed by atoms with Crippen LogP contribution in [0.2, 0.25) is 0 Å². The Hall–Kier alpha value is -1.00. The number of aliphatic hydroxyl groups is 1. The second-order valence-corrected chi connectivity index (χ2v) is 4.25. The predicted octanol–water partition coefficient (Wildman–Crippen LogP) is 2.05. The first-order valence-electron chi connectivity index (χ1n) is 5.33. The maximum Gasteiger partial charge on any atom is 0.126 e. The van der Waals surface area contributed by atoms with Gasteiger partial charge in [0, 0.05) is 19.6 Å². The minimum absolute atomic E-state index is 0.139. The molecule has 0 atom stereocenters. The highest BCUT2D eigenvalue weighted by molar-refractivity contribution is 5.20. The van der Waals surface area contributed by atoms with Gasteiger partial charge in [-0.15, -0.1) is 0 Å². The lowest BCUT2D eigenvalue weighted by Crippen LogP contribution is -2.38. The van der Waals surface area contributed by atoms with Gasteiger partial charge in [-0.2, -0.15) is 0 Å².